The van der Waals surface area contributed by atoms with Gasteiger partial charge in [-0.15, -0.1) is 0 Å². The van der Waals surface area contributed by atoms with Gasteiger partial charge in [-0.05, 0) is 41.0 Å². The van der Waals surface area contributed by atoms with Gasteiger partial charge in [-0.1, -0.05) is 54.6 Å². The van der Waals surface area contributed by atoms with Gasteiger partial charge in [0.15, 0.2) is 6.23 Å². The molecule has 0 saturated carbocycles. The van der Waals surface area contributed by atoms with Gasteiger partial charge in [-0.25, -0.2) is 4.79 Å². The van der Waals surface area contributed by atoms with Gasteiger partial charge in [0.2, 0.25) is 0 Å². The highest BCUT2D eigenvalue weighted by atomic mass is 16.6. The summed E-state index contributed by atoms with van der Waals surface area (Å²) in [5, 5.41) is 9.54. The molecule has 5 rings (SSSR count). The average Bonchev–Trinajstić information content (AvgIpc) is 3.02. The van der Waals surface area contributed by atoms with Gasteiger partial charge in [0, 0.05) is 25.4 Å². The number of ether oxygens (including phenoxy) is 4. The summed E-state index contributed by atoms with van der Waals surface area (Å²) in [6.07, 6.45) is -0.132. The maximum atomic E-state index is 12.6. The van der Waals surface area contributed by atoms with Crippen LogP contribution in [0.2, 0.25) is 0 Å². The first-order chi connectivity index (χ1) is 20.8. The van der Waals surface area contributed by atoms with Crippen LogP contribution < -0.4 is 20.7 Å². The number of hydrogen-bond donors (Lipinski definition) is 2. The third-order valence-electron chi connectivity index (χ3n) is 7.41. The molecule has 2 N–H and O–H groups in total. The Bertz CT molecular complexity index is 1590. The summed E-state index contributed by atoms with van der Waals surface area (Å²) in [5.74, 6) is 0.369. The predicted octanol–water partition coefficient (Wildman–Crippen LogP) is 2.85. The van der Waals surface area contributed by atoms with Crippen molar-refractivity contribution in [3.05, 3.63) is 129 Å². The fourth-order valence-electron chi connectivity index (χ4n) is 5.40. The molecule has 0 radical (unpaired) electrons. The van der Waals surface area contributed by atoms with E-state index in [0.29, 0.717) is 11.5 Å². The lowest BCUT2D eigenvalue weighted by Gasteiger charge is -2.41. The zero-order valence-electron chi connectivity index (χ0n) is 23.8. The zero-order valence-corrected chi connectivity index (χ0v) is 23.8. The molecular weight excluding hydrogens is 554 g/mol. The van der Waals surface area contributed by atoms with Gasteiger partial charge in [-0.2, -0.15) is 0 Å². The van der Waals surface area contributed by atoms with Crippen LogP contribution in [0.25, 0.3) is 0 Å². The maximum Gasteiger partial charge on any atom is 0.330 e. The SMILES string of the molecule is COc1ccc(C(OCC2CN(CC(=O)O)CC(n3ccc(=O)[nH]c3=O)O2)(c2ccccc2)c2ccc(OC)cc2)cc1. The minimum atomic E-state index is -1.11. The Kier molecular flexibility index (Phi) is 9.05. The Morgan fingerprint density at radius 1 is 0.884 bits per heavy atom. The number of methoxy groups -OCH3 is 2. The number of rotatable bonds is 11. The molecule has 0 aliphatic carbocycles. The monoisotopic (exact) mass is 587 g/mol. The molecule has 1 aromatic heterocycles. The third-order valence-corrected chi connectivity index (χ3v) is 7.41. The highest BCUT2D eigenvalue weighted by Gasteiger charge is 2.40. The minimum Gasteiger partial charge on any atom is -0.497 e. The van der Waals surface area contributed by atoms with E-state index in [2.05, 4.69) is 4.98 Å². The smallest absolute Gasteiger partial charge is 0.330 e. The number of aromatic amines is 1. The van der Waals surface area contributed by atoms with E-state index in [0.717, 1.165) is 16.7 Å². The van der Waals surface area contributed by atoms with Gasteiger partial charge in [0.25, 0.3) is 5.56 Å². The van der Waals surface area contributed by atoms with Crippen LogP contribution in [0, 0.1) is 0 Å². The molecule has 3 aromatic carbocycles. The highest BCUT2D eigenvalue weighted by molar-refractivity contribution is 5.69. The molecule has 0 spiro atoms. The molecule has 43 heavy (non-hydrogen) atoms. The number of aromatic nitrogens is 2. The molecule has 1 fully saturated rings. The maximum absolute atomic E-state index is 12.6. The van der Waals surface area contributed by atoms with Crippen molar-refractivity contribution in [3.63, 3.8) is 0 Å². The van der Waals surface area contributed by atoms with Crippen molar-refractivity contribution in [2.75, 3.05) is 40.5 Å². The van der Waals surface area contributed by atoms with E-state index in [4.69, 9.17) is 18.9 Å². The van der Waals surface area contributed by atoms with Crippen LogP contribution in [0.15, 0.2) is 101 Å². The minimum absolute atomic E-state index is 0.0394. The molecule has 1 aliphatic rings. The lowest BCUT2D eigenvalue weighted by atomic mass is 9.80. The van der Waals surface area contributed by atoms with E-state index in [-0.39, 0.29) is 26.2 Å². The Hall–Kier alpha value is -4.71. The largest absolute Gasteiger partial charge is 0.497 e. The Balaban J connectivity index is 1.56. The second-order valence-electron chi connectivity index (χ2n) is 10.1. The van der Waals surface area contributed by atoms with Crippen LogP contribution in [-0.2, 0) is 19.9 Å². The fourth-order valence-corrected chi connectivity index (χ4v) is 5.40. The molecule has 0 bridgehead atoms. The second-order valence-corrected chi connectivity index (χ2v) is 10.1. The molecule has 2 unspecified atom stereocenters. The van der Waals surface area contributed by atoms with E-state index in [1.165, 1.54) is 16.8 Å². The van der Waals surface area contributed by atoms with Crippen molar-refractivity contribution in [1.29, 1.82) is 0 Å². The van der Waals surface area contributed by atoms with Crippen LogP contribution in [0.5, 0.6) is 11.5 Å². The van der Waals surface area contributed by atoms with Crippen LogP contribution in [-0.4, -0.2) is 72.1 Å². The first kappa shape index (κ1) is 29.8. The molecule has 1 aliphatic heterocycles. The fraction of sp³-hybridized carbons (Fsp3) is 0.281. The topological polar surface area (TPSA) is 132 Å². The highest BCUT2D eigenvalue weighted by Crippen LogP contribution is 2.42. The number of aliphatic carboxylic acids is 1. The number of carboxylic acid groups (broad SMARTS) is 1. The van der Waals surface area contributed by atoms with Crippen molar-refractivity contribution in [2.24, 2.45) is 0 Å². The lowest BCUT2D eigenvalue weighted by Crippen LogP contribution is -2.51. The van der Waals surface area contributed by atoms with E-state index < -0.39 is 35.2 Å². The van der Waals surface area contributed by atoms with Crippen LogP contribution in [0.3, 0.4) is 0 Å². The number of benzene rings is 3. The number of nitrogens with one attached hydrogen (secondary N) is 1. The number of carbonyl (C=O) groups is 1. The summed E-state index contributed by atoms with van der Waals surface area (Å²) in [4.78, 5) is 39.8. The molecule has 1 saturated heterocycles. The first-order valence-electron chi connectivity index (χ1n) is 13.7. The number of nitrogens with zero attached hydrogens (tertiary/aromatic N) is 2. The van der Waals surface area contributed by atoms with Gasteiger partial charge >= 0.3 is 11.7 Å². The standard InChI is InChI=1S/C32H33N3O8/c1-40-25-12-8-23(9-13-25)32(22-6-4-3-5-7-22,24-10-14-26(41-2)15-11-24)42-21-27-18-34(20-30(37)38)19-29(43-27)35-17-16-28(36)33-31(35)39/h3-17,27,29H,18-21H2,1-2H3,(H,37,38)(H,33,36,39). The van der Waals surface area contributed by atoms with Crippen LogP contribution in [0.4, 0.5) is 0 Å². The second kappa shape index (κ2) is 13.1. The molecule has 11 heteroatoms. The zero-order chi connectivity index (χ0) is 30.4. The predicted molar refractivity (Wildman–Crippen MR) is 158 cm³/mol. The van der Waals surface area contributed by atoms with Crippen molar-refractivity contribution in [1.82, 2.24) is 14.5 Å². The van der Waals surface area contributed by atoms with E-state index in [1.54, 1.807) is 19.1 Å². The van der Waals surface area contributed by atoms with E-state index in [9.17, 15) is 19.5 Å². The average molecular weight is 588 g/mol. The Labute approximate surface area is 247 Å². The number of H-pyrrole nitrogens is 1. The quantitative estimate of drug-likeness (QED) is 0.254. The molecule has 11 nitrogen and oxygen atoms in total. The molecule has 4 aromatic rings. The summed E-state index contributed by atoms with van der Waals surface area (Å²) >= 11 is 0. The van der Waals surface area contributed by atoms with Gasteiger partial charge < -0.3 is 24.1 Å². The number of morpholine rings is 1. The third kappa shape index (κ3) is 6.54. The van der Waals surface area contributed by atoms with Crippen molar-refractivity contribution in [2.45, 2.75) is 17.9 Å². The molecular formula is C32H33N3O8. The summed E-state index contributed by atoms with van der Waals surface area (Å²) in [6.45, 7) is 0.166. The van der Waals surface area contributed by atoms with Crippen molar-refractivity contribution in [3.8, 4) is 11.5 Å². The van der Waals surface area contributed by atoms with Crippen LogP contribution in [0.1, 0.15) is 22.9 Å². The van der Waals surface area contributed by atoms with Crippen molar-refractivity contribution >= 4 is 5.97 Å². The Morgan fingerprint density at radius 3 is 2.00 bits per heavy atom. The lowest BCUT2D eigenvalue weighted by molar-refractivity contribution is -0.164. The number of hydrogen-bond acceptors (Lipinski definition) is 8. The molecule has 2 atom stereocenters. The summed E-state index contributed by atoms with van der Waals surface area (Å²) in [6, 6.07) is 26.2. The van der Waals surface area contributed by atoms with Crippen molar-refractivity contribution < 1.29 is 28.8 Å². The molecule has 0 amide bonds. The summed E-state index contributed by atoms with van der Waals surface area (Å²) in [7, 11) is 3.21. The summed E-state index contributed by atoms with van der Waals surface area (Å²) in [5.41, 5.74) is 0.225. The normalized spacial score (nSPS) is 17.3. The molecule has 2 heterocycles. The van der Waals surface area contributed by atoms with Gasteiger partial charge in [0.05, 0.1) is 33.5 Å². The van der Waals surface area contributed by atoms with E-state index in [1.807, 2.05) is 78.9 Å². The first-order valence-corrected chi connectivity index (χ1v) is 13.7. The van der Waals surface area contributed by atoms with Gasteiger partial charge in [0.1, 0.15) is 17.1 Å². The Morgan fingerprint density at radius 2 is 1.47 bits per heavy atom. The van der Waals surface area contributed by atoms with Gasteiger partial charge in [-0.3, -0.25) is 24.0 Å². The molecule has 224 valence electrons. The van der Waals surface area contributed by atoms with E-state index >= 15 is 0 Å². The van der Waals surface area contributed by atoms with Crippen LogP contribution >= 0.6 is 0 Å². The summed E-state index contributed by atoms with van der Waals surface area (Å²) < 4.78 is 25.3. The number of carboxylic acids is 1.